The Kier molecular flexibility index (Phi) is 5.71. The van der Waals surface area contributed by atoms with Crippen molar-refractivity contribution in [3.05, 3.63) is 39.8 Å². The van der Waals surface area contributed by atoms with Crippen LogP contribution in [0, 0.1) is 0 Å². The third kappa shape index (κ3) is 4.48. The fourth-order valence-corrected chi connectivity index (χ4v) is 4.30. The lowest BCUT2D eigenvalue weighted by atomic mass is 10.1. The number of likely N-dealkylation sites (tertiary alicyclic amines) is 1. The average Bonchev–Trinajstić information content (AvgIpc) is 3.32. The van der Waals surface area contributed by atoms with Gasteiger partial charge in [0.05, 0.1) is 18.3 Å². The first-order valence-electron chi connectivity index (χ1n) is 9.23. The molecule has 4 heterocycles. The summed E-state index contributed by atoms with van der Waals surface area (Å²) in [6.45, 7) is 2.77. The van der Waals surface area contributed by atoms with Crippen LogP contribution < -0.4 is 10.6 Å². The van der Waals surface area contributed by atoms with Crippen molar-refractivity contribution in [3.63, 3.8) is 0 Å². The zero-order valence-corrected chi connectivity index (χ0v) is 16.9. The summed E-state index contributed by atoms with van der Waals surface area (Å²) in [7, 11) is 2.20. The molecule has 1 fully saturated rings. The second-order valence-electron chi connectivity index (χ2n) is 6.85. The molecule has 3 aromatic rings. The minimum Gasteiger partial charge on any atom is -0.364 e. The van der Waals surface area contributed by atoms with Crippen LogP contribution in [0.3, 0.4) is 0 Å². The number of nitrogens with one attached hydrogen (secondary N) is 2. The van der Waals surface area contributed by atoms with Crippen molar-refractivity contribution in [2.24, 2.45) is 0 Å². The lowest BCUT2D eigenvalue weighted by Gasteiger charge is -2.19. The highest BCUT2D eigenvalue weighted by Crippen LogP contribution is 2.25. The predicted octanol–water partition coefficient (Wildman–Crippen LogP) is 4.25. The van der Waals surface area contributed by atoms with E-state index in [1.807, 2.05) is 12.1 Å². The Hall–Kier alpha value is -1.96. The summed E-state index contributed by atoms with van der Waals surface area (Å²) in [6.07, 6.45) is 5.35. The van der Waals surface area contributed by atoms with E-state index in [1.54, 1.807) is 17.5 Å². The summed E-state index contributed by atoms with van der Waals surface area (Å²) >= 11 is 7.81. The quantitative estimate of drug-likeness (QED) is 0.576. The fourth-order valence-electron chi connectivity index (χ4n) is 3.50. The van der Waals surface area contributed by atoms with Gasteiger partial charge in [0.15, 0.2) is 0 Å². The molecule has 3 aromatic heterocycles. The van der Waals surface area contributed by atoms with Gasteiger partial charge in [-0.05, 0) is 50.4 Å². The molecule has 0 radical (unpaired) electrons. The first-order valence-corrected chi connectivity index (χ1v) is 10.5. The molecule has 6 nitrogen and oxygen atoms in total. The Labute approximate surface area is 168 Å². The minimum absolute atomic E-state index is 0.440. The van der Waals surface area contributed by atoms with Crippen molar-refractivity contribution >= 4 is 45.6 Å². The number of hydrogen-bond donors (Lipinski definition) is 2. The van der Waals surface area contributed by atoms with E-state index in [4.69, 9.17) is 16.6 Å². The molecule has 0 bridgehead atoms. The molecule has 142 valence electrons. The normalized spacial score (nSPS) is 17.5. The van der Waals surface area contributed by atoms with Gasteiger partial charge in [0, 0.05) is 22.8 Å². The first kappa shape index (κ1) is 18.4. The topological polar surface area (TPSA) is 66.0 Å². The average molecular weight is 403 g/mol. The van der Waals surface area contributed by atoms with Gasteiger partial charge in [-0.2, -0.15) is 4.98 Å². The third-order valence-corrected chi connectivity index (χ3v) is 6.07. The Balaban J connectivity index is 1.50. The highest BCUT2D eigenvalue weighted by molar-refractivity contribution is 7.09. The number of fused-ring (bicyclic) bond motifs is 1. The standard InChI is InChI=1S/C19H23ClN6S/c1-26-8-2-4-13(26)6-7-21-19-24-16-12-22-17(20)10-15(16)18(25-19)23-11-14-5-3-9-27-14/h3,5,9-10,12-13H,2,4,6-8,11H2,1H3,(H2,21,23,24,25). The van der Waals surface area contributed by atoms with Gasteiger partial charge >= 0.3 is 0 Å². The molecule has 1 unspecified atom stereocenters. The van der Waals surface area contributed by atoms with E-state index in [9.17, 15) is 0 Å². The number of aromatic nitrogens is 3. The largest absolute Gasteiger partial charge is 0.364 e. The van der Waals surface area contributed by atoms with Gasteiger partial charge in [-0.15, -0.1) is 11.3 Å². The molecule has 1 aliphatic rings. The van der Waals surface area contributed by atoms with Gasteiger partial charge in [0.25, 0.3) is 0 Å². The summed E-state index contributed by atoms with van der Waals surface area (Å²) in [5.74, 6) is 1.40. The minimum atomic E-state index is 0.440. The maximum atomic E-state index is 6.09. The van der Waals surface area contributed by atoms with Crippen LogP contribution in [-0.4, -0.2) is 46.0 Å². The van der Waals surface area contributed by atoms with Crippen LogP contribution in [0.1, 0.15) is 24.1 Å². The Bertz CT molecular complexity index is 901. The van der Waals surface area contributed by atoms with Gasteiger partial charge in [0.2, 0.25) is 5.95 Å². The molecule has 8 heteroatoms. The Morgan fingerprint density at radius 2 is 2.26 bits per heavy atom. The van der Waals surface area contributed by atoms with Gasteiger partial charge in [-0.1, -0.05) is 17.7 Å². The van der Waals surface area contributed by atoms with Crippen molar-refractivity contribution in [1.29, 1.82) is 0 Å². The van der Waals surface area contributed by atoms with Gasteiger partial charge in [0.1, 0.15) is 11.0 Å². The molecule has 27 heavy (non-hydrogen) atoms. The summed E-state index contributed by atoms with van der Waals surface area (Å²) in [5.41, 5.74) is 0.781. The van der Waals surface area contributed by atoms with E-state index in [1.165, 1.54) is 24.3 Å². The molecule has 0 aromatic carbocycles. The molecular formula is C19H23ClN6S. The molecule has 0 aliphatic carbocycles. The predicted molar refractivity (Wildman–Crippen MR) is 113 cm³/mol. The Morgan fingerprint density at radius 3 is 3.04 bits per heavy atom. The van der Waals surface area contributed by atoms with Crippen LogP contribution >= 0.6 is 22.9 Å². The van der Waals surface area contributed by atoms with E-state index < -0.39 is 0 Å². The number of pyridine rings is 1. The second kappa shape index (κ2) is 8.37. The zero-order chi connectivity index (χ0) is 18.6. The number of hydrogen-bond acceptors (Lipinski definition) is 7. The van der Waals surface area contributed by atoms with Crippen LogP contribution in [0.2, 0.25) is 5.15 Å². The van der Waals surface area contributed by atoms with Crippen molar-refractivity contribution in [1.82, 2.24) is 19.9 Å². The molecule has 1 aliphatic heterocycles. The third-order valence-electron chi connectivity index (χ3n) is 4.99. The van der Waals surface area contributed by atoms with Crippen molar-refractivity contribution < 1.29 is 0 Å². The summed E-state index contributed by atoms with van der Waals surface area (Å²) in [4.78, 5) is 17.2. The first-order chi connectivity index (χ1) is 13.2. The zero-order valence-electron chi connectivity index (χ0n) is 15.3. The molecule has 0 amide bonds. The number of nitrogens with zero attached hydrogens (tertiary/aromatic N) is 4. The smallest absolute Gasteiger partial charge is 0.225 e. The molecule has 0 spiro atoms. The molecule has 0 saturated carbocycles. The molecule has 4 rings (SSSR count). The van der Waals surface area contributed by atoms with E-state index >= 15 is 0 Å². The summed E-state index contributed by atoms with van der Waals surface area (Å²) < 4.78 is 0. The summed E-state index contributed by atoms with van der Waals surface area (Å²) in [5, 5.41) is 10.2. The molecular weight excluding hydrogens is 380 g/mol. The van der Waals surface area contributed by atoms with E-state index in [0.717, 1.165) is 36.2 Å². The monoisotopic (exact) mass is 402 g/mol. The molecule has 2 N–H and O–H groups in total. The number of thiophene rings is 1. The Morgan fingerprint density at radius 1 is 1.33 bits per heavy atom. The van der Waals surface area contributed by atoms with Crippen LogP contribution in [0.4, 0.5) is 11.8 Å². The fraction of sp³-hybridized carbons (Fsp3) is 0.421. The highest BCUT2D eigenvalue weighted by atomic mass is 35.5. The van der Waals surface area contributed by atoms with E-state index in [2.05, 4.69) is 44.0 Å². The molecule has 1 saturated heterocycles. The van der Waals surface area contributed by atoms with Crippen LogP contribution in [0.5, 0.6) is 0 Å². The SMILES string of the molecule is CN1CCCC1CCNc1nc(NCc2cccs2)c2cc(Cl)ncc2n1. The second-order valence-corrected chi connectivity index (χ2v) is 8.26. The number of anilines is 2. The van der Waals surface area contributed by atoms with Crippen LogP contribution in [0.15, 0.2) is 29.8 Å². The van der Waals surface area contributed by atoms with Gasteiger partial charge in [-0.3, -0.25) is 0 Å². The van der Waals surface area contributed by atoms with E-state index in [0.29, 0.717) is 17.1 Å². The van der Waals surface area contributed by atoms with Crippen molar-refractivity contribution in [2.75, 3.05) is 30.8 Å². The van der Waals surface area contributed by atoms with Gasteiger partial charge < -0.3 is 15.5 Å². The van der Waals surface area contributed by atoms with Gasteiger partial charge in [-0.25, -0.2) is 9.97 Å². The maximum Gasteiger partial charge on any atom is 0.225 e. The van der Waals surface area contributed by atoms with E-state index in [-0.39, 0.29) is 0 Å². The summed E-state index contributed by atoms with van der Waals surface area (Å²) in [6, 6.07) is 6.61. The van der Waals surface area contributed by atoms with Crippen molar-refractivity contribution in [2.45, 2.75) is 31.8 Å². The maximum absolute atomic E-state index is 6.09. The lowest BCUT2D eigenvalue weighted by molar-refractivity contribution is 0.301. The van der Waals surface area contributed by atoms with Crippen LogP contribution in [-0.2, 0) is 6.54 Å². The lowest BCUT2D eigenvalue weighted by Crippen LogP contribution is -2.27. The number of rotatable bonds is 7. The highest BCUT2D eigenvalue weighted by Gasteiger charge is 2.20. The number of halogens is 1. The van der Waals surface area contributed by atoms with Crippen LogP contribution in [0.25, 0.3) is 10.9 Å². The molecule has 1 atom stereocenters. The van der Waals surface area contributed by atoms with Crippen molar-refractivity contribution in [3.8, 4) is 0 Å².